The number of ketones is 1. The molecule has 0 radical (unpaired) electrons. The van der Waals surface area contributed by atoms with Gasteiger partial charge in [-0.3, -0.25) is 4.79 Å². The van der Waals surface area contributed by atoms with Gasteiger partial charge in [0.25, 0.3) is 0 Å². The first-order valence-corrected chi connectivity index (χ1v) is 12.1. The molecule has 164 valence electrons. The van der Waals surface area contributed by atoms with E-state index in [2.05, 4.69) is 25.1 Å². The van der Waals surface area contributed by atoms with Crippen LogP contribution in [-0.4, -0.2) is 5.78 Å². The molecule has 1 unspecified atom stereocenters. The second-order valence-corrected chi connectivity index (χ2v) is 9.90. The summed E-state index contributed by atoms with van der Waals surface area (Å²) >= 11 is 14.1. The average molecular weight is 485 g/mol. The van der Waals surface area contributed by atoms with Gasteiger partial charge in [-0.05, 0) is 60.7 Å². The second kappa shape index (κ2) is 9.23. The van der Waals surface area contributed by atoms with E-state index in [1.165, 1.54) is 0 Å². The van der Waals surface area contributed by atoms with Crippen molar-refractivity contribution in [2.24, 2.45) is 5.73 Å². The number of aryl methyl sites for hydroxylation is 2. The van der Waals surface area contributed by atoms with Crippen molar-refractivity contribution in [2.75, 3.05) is 0 Å². The van der Waals surface area contributed by atoms with Crippen molar-refractivity contribution >= 4 is 40.7 Å². The predicted molar refractivity (Wildman–Crippen MR) is 128 cm³/mol. The Morgan fingerprint density at radius 3 is 2.72 bits per heavy atom. The Balaban J connectivity index is 1.76. The molecule has 0 saturated heterocycles. The molecular weight excluding hydrogens is 463 g/mol. The molecule has 0 amide bonds. The Labute approximate surface area is 202 Å². The molecule has 2 aliphatic rings. The number of benzene rings is 2. The summed E-state index contributed by atoms with van der Waals surface area (Å²) in [7, 11) is 0. The highest BCUT2D eigenvalue weighted by atomic mass is 35.5. The number of nitriles is 1. The van der Waals surface area contributed by atoms with E-state index in [1.807, 2.05) is 13.0 Å². The van der Waals surface area contributed by atoms with Crippen molar-refractivity contribution in [1.82, 2.24) is 0 Å². The van der Waals surface area contributed by atoms with Gasteiger partial charge in [0, 0.05) is 34.1 Å². The van der Waals surface area contributed by atoms with E-state index in [-0.39, 0.29) is 11.7 Å². The Morgan fingerprint density at radius 1 is 1.19 bits per heavy atom. The first-order valence-electron chi connectivity index (χ1n) is 10.3. The van der Waals surface area contributed by atoms with Crippen molar-refractivity contribution in [3.8, 4) is 6.07 Å². The molecule has 1 aliphatic carbocycles. The lowest BCUT2D eigenvalue weighted by molar-refractivity contribution is -0.116. The second-order valence-electron chi connectivity index (χ2n) is 8.04. The van der Waals surface area contributed by atoms with Gasteiger partial charge in [0.1, 0.15) is 17.4 Å². The van der Waals surface area contributed by atoms with Crippen LogP contribution in [0.25, 0.3) is 0 Å². The van der Waals surface area contributed by atoms with Gasteiger partial charge >= 0.3 is 0 Å². The minimum absolute atomic E-state index is 0.0260. The first-order chi connectivity index (χ1) is 15.3. The summed E-state index contributed by atoms with van der Waals surface area (Å²) in [4.78, 5) is 13.8. The van der Waals surface area contributed by atoms with E-state index in [1.54, 1.807) is 23.9 Å². The molecule has 1 aliphatic heterocycles. The Bertz CT molecular complexity index is 1230. The van der Waals surface area contributed by atoms with Crippen molar-refractivity contribution < 1.29 is 9.53 Å². The van der Waals surface area contributed by atoms with E-state index < -0.39 is 5.92 Å². The van der Waals surface area contributed by atoms with Gasteiger partial charge in [-0.2, -0.15) is 5.26 Å². The van der Waals surface area contributed by atoms with Crippen LogP contribution in [0, 0.1) is 25.2 Å². The van der Waals surface area contributed by atoms with Crippen LogP contribution in [0.2, 0.25) is 10.0 Å². The third kappa shape index (κ3) is 4.28. The normalized spacial score (nSPS) is 18.3. The van der Waals surface area contributed by atoms with Gasteiger partial charge in [-0.25, -0.2) is 0 Å². The van der Waals surface area contributed by atoms with Gasteiger partial charge in [0.15, 0.2) is 5.78 Å². The van der Waals surface area contributed by atoms with Crippen LogP contribution in [0.5, 0.6) is 0 Å². The average Bonchev–Trinajstić information content (AvgIpc) is 2.75. The fourth-order valence-electron chi connectivity index (χ4n) is 4.29. The highest BCUT2D eigenvalue weighted by molar-refractivity contribution is 7.98. The number of allylic oxidation sites excluding steroid dienone is 3. The van der Waals surface area contributed by atoms with Gasteiger partial charge in [-0.15, -0.1) is 11.8 Å². The van der Waals surface area contributed by atoms with Crippen molar-refractivity contribution in [1.29, 1.82) is 5.26 Å². The van der Waals surface area contributed by atoms with E-state index in [4.69, 9.17) is 33.7 Å². The van der Waals surface area contributed by atoms with Crippen LogP contribution >= 0.6 is 35.0 Å². The van der Waals surface area contributed by atoms with Crippen LogP contribution in [0.3, 0.4) is 0 Å². The molecule has 2 N–H and O–H groups in total. The first kappa shape index (κ1) is 22.8. The third-order valence-electron chi connectivity index (χ3n) is 5.92. The molecule has 1 atom stereocenters. The highest BCUT2D eigenvalue weighted by Crippen LogP contribution is 2.45. The molecule has 0 aromatic heterocycles. The van der Waals surface area contributed by atoms with Crippen LogP contribution in [0.15, 0.2) is 58.0 Å². The molecule has 4 rings (SSSR count). The zero-order chi connectivity index (χ0) is 23.0. The summed E-state index contributed by atoms with van der Waals surface area (Å²) in [6, 6.07) is 11.8. The Morgan fingerprint density at radius 2 is 1.97 bits per heavy atom. The number of ether oxygens (including phenoxy) is 1. The lowest BCUT2D eigenvalue weighted by atomic mass is 9.76. The summed E-state index contributed by atoms with van der Waals surface area (Å²) in [6.45, 7) is 4.06. The number of Topliss-reactive ketones (excluding diaryl/α,β-unsaturated/α-hetero) is 1. The van der Waals surface area contributed by atoms with Crippen LogP contribution < -0.4 is 5.73 Å². The number of nitrogens with two attached hydrogens (primary N) is 1. The molecule has 32 heavy (non-hydrogen) atoms. The van der Waals surface area contributed by atoms with Crippen molar-refractivity contribution in [3.05, 3.63) is 85.4 Å². The summed E-state index contributed by atoms with van der Waals surface area (Å²) in [5.74, 6) is 0.884. The van der Waals surface area contributed by atoms with Crippen LogP contribution in [0.1, 0.15) is 47.4 Å². The Hall–Kier alpha value is -2.39. The third-order valence-corrected chi connectivity index (χ3v) is 7.70. The van der Waals surface area contributed by atoms with Gasteiger partial charge in [-0.1, -0.05) is 35.3 Å². The fourth-order valence-corrected chi connectivity index (χ4v) is 5.85. The number of nitrogens with zero attached hydrogens (tertiary/aromatic N) is 1. The number of hydrogen-bond donors (Lipinski definition) is 1. The summed E-state index contributed by atoms with van der Waals surface area (Å²) in [5.41, 5.74) is 11.1. The molecule has 0 bridgehead atoms. The molecule has 2 aromatic rings. The molecule has 2 aromatic carbocycles. The standard InChI is InChI=1S/C25H22Cl2N2O2S/c1-13-8-14(2)17(9-15(13)12-32-22-10-16(26)6-7-19(22)27)23-18(11-28)25(29)31-21-5-3-4-20(30)24(21)23/h6-10,23H,3-5,12,29H2,1-2H3. The number of halogens is 2. The van der Waals surface area contributed by atoms with Crippen molar-refractivity contribution in [3.63, 3.8) is 0 Å². The zero-order valence-corrected chi connectivity index (χ0v) is 20.1. The largest absolute Gasteiger partial charge is 0.444 e. The molecule has 0 fully saturated rings. The van der Waals surface area contributed by atoms with E-state index >= 15 is 0 Å². The predicted octanol–water partition coefficient (Wildman–Crippen LogP) is 6.72. The monoisotopic (exact) mass is 484 g/mol. The SMILES string of the molecule is Cc1cc(C)c(C2C(C#N)=C(N)OC3=C2C(=O)CCC3)cc1CSc1cc(Cl)ccc1Cl. The number of carbonyl (C=O) groups is 1. The van der Waals surface area contributed by atoms with Crippen molar-refractivity contribution in [2.45, 2.75) is 49.7 Å². The number of rotatable bonds is 4. The number of thioether (sulfide) groups is 1. The van der Waals surface area contributed by atoms with E-state index in [0.717, 1.165) is 33.6 Å². The highest BCUT2D eigenvalue weighted by Gasteiger charge is 2.38. The molecular formula is C25H22Cl2N2O2S. The molecule has 7 heteroatoms. The lowest BCUT2D eigenvalue weighted by Gasteiger charge is -2.32. The van der Waals surface area contributed by atoms with Gasteiger partial charge in [0.2, 0.25) is 5.88 Å². The summed E-state index contributed by atoms with van der Waals surface area (Å²) < 4.78 is 5.70. The minimum Gasteiger partial charge on any atom is -0.444 e. The van der Waals surface area contributed by atoms with Gasteiger partial charge in [0.05, 0.1) is 10.9 Å². The maximum Gasteiger partial charge on any atom is 0.205 e. The zero-order valence-electron chi connectivity index (χ0n) is 17.8. The quantitative estimate of drug-likeness (QED) is 0.487. The minimum atomic E-state index is -0.504. The number of carbonyl (C=O) groups excluding carboxylic acids is 1. The van der Waals surface area contributed by atoms with E-state index in [9.17, 15) is 10.1 Å². The lowest BCUT2D eigenvalue weighted by Crippen LogP contribution is -2.27. The fraction of sp³-hybridized carbons (Fsp3) is 0.280. The smallest absolute Gasteiger partial charge is 0.205 e. The number of hydrogen-bond acceptors (Lipinski definition) is 5. The van der Waals surface area contributed by atoms with E-state index in [0.29, 0.717) is 45.5 Å². The molecule has 1 heterocycles. The molecule has 4 nitrogen and oxygen atoms in total. The maximum atomic E-state index is 12.9. The summed E-state index contributed by atoms with van der Waals surface area (Å²) in [5, 5.41) is 11.1. The topological polar surface area (TPSA) is 76.1 Å². The van der Waals surface area contributed by atoms with Crippen LogP contribution in [0.4, 0.5) is 0 Å². The maximum absolute atomic E-state index is 12.9. The van der Waals surface area contributed by atoms with Crippen LogP contribution in [-0.2, 0) is 15.3 Å². The molecule has 0 spiro atoms. The van der Waals surface area contributed by atoms with Gasteiger partial charge < -0.3 is 10.5 Å². The summed E-state index contributed by atoms with van der Waals surface area (Å²) in [6.07, 6.45) is 1.84. The molecule has 0 saturated carbocycles. The Kier molecular flexibility index (Phi) is 6.57.